The summed E-state index contributed by atoms with van der Waals surface area (Å²) in [4.78, 5) is 13.6. The summed E-state index contributed by atoms with van der Waals surface area (Å²) in [5, 5.41) is 6.25. The second-order valence-corrected chi connectivity index (χ2v) is 34.0. The third-order valence-electron chi connectivity index (χ3n) is 1.00. The normalized spacial score (nSPS) is 8.00. The number of nitrogens with zero attached hydrogens (tertiary/aromatic N) is 1. The van der Waals surface area contributed by atoms with Gasteiger partial charge in [0.15, 0.2) is 0 Å². The van der Waals surface area contributed by atoms with Gasteiger partial charge in [0.25, 0.3) is 0 Å². The van der Waals surface area contributed by atoms with Gasteiger partial charge in [-0.05, 0) is 0 Å². The predicted molar refractivity (Wildman–Crippen MR) is 69.4 cm³/mol. The number of hydrogen-bond acceptors (Lipinski definition) is 1. The Morgan fingerprint density at radius 1 is 0.765 bits per heavy atom. The zero-order valence-electron chi connectivity index (χ0n) is 12.6. The SMILES string of the molecule is [C-]#N.[CH-]=[CH][Sn]([CH3])([CH3])[CH3].[CH-]=[CH][Sn]([CH3])([CH3])[CH3].[Cu+].[Li+].[Li+]. The maximum Gasteiger partial charge on any atom is 1.00 e. The molecule has 0 aliphatic rings. The van der Waals surface area contributed by atoms with Crippen molar-refractivity contribution < 1.29 is 54.8 Å². The van der Waals surface area contributed by atoms with Gasteiger partial charge < -0.3 is 11.8 Å². The molecule has 0 aromatic heterocycles. The number of rotatable bonds is 2. The van der Waals surface area contributed by atoms with E-state index in [-0.39, 0.29) is 54.8 Å². The van der Waals surface area contributed by atoms with Crippen LogP contribution in [-0.4, -0.2) is 36.8 Å². The van der Waals surface area contributed by atoms with Crippen molar-refractivity contribution in [3.8, 4) is 0 Å². The van der Waals surface area contributed by atoms with Crippen molar-refractivity contribution in [3.63, 3.8) is 0 Å². The summed E-state index contributed by atoms with van der Waals surface area (Å²) in [7, 11) is 0. The van der Waals surface area contributed by atoms with E-state index in [0.717, 1.165) is 0 Å². The molecular weight excluding hydrogens is 461 g/mol. The minimum absolute atomic E-state index is 0. The summed E-state index contributed by atoms with van der Waals surface area (Å²) in [5.74, 6) is 0. The second-order valence-electron chi connectivity index (χ2n) is 5.07. The molecule has 1 nitrogen and oxygen atoms in total. The Balaban J connectivity index is -0.0000000268. The van der Waals surface area contributed by atoms with E-state index in [2.05, 4.69) is 29.6 Å². The second kappa shape index (κ2) is 20.6. The van der Waals surface area contributed by atoms with Gasteiger partial charge in [0, 0.05) is 0 Å². The first kappa shape index (κ1) is 36.5. The van der Waals surface area contributed by atoms with E-state index in [1.54, 1.807) is 0 Å². The fourth-order valence-corrected chi connectivity index (χ4v) is 0. The predicted octanol–water partition coefficient (Wildman–Crippen LogP) is -2.19. The van der Waals surface area contributed by atoms with E-state index in [9.17, 15) is 0 Å². The topological polar surface area (TPSA) is 23.8 Å². The third kappa shape index (κ3) is 70.7. The van der Waals surface area contributed by atoms with Crippen molar-refractivity contribution in [2.24, 2.45) is 0 Å². The molecule has 0 bridgehead atoms. The van der Waals surface area contributed by atoms with Crippen molar-refractivity contribution in [2.75, 3.05) is 0 Å². The van der Waals surface area contributed by atoms with Gasteiger partial charge in [-0.25, -0.2) is 0 Å². The molecule has 0 heterocycles. The fourth-order valence-electron chi connectivity index (χ4n) is 0. The minimum Gasteiger partial charge on any atom is 1.00 e. The van der Waals surface area contributed by atoms with Crippen LogP contribution in [0.4, 0.5) is 0 Å². The van der Waals surface area contributed by atoms with Crippen molar-refractivity contribution in [1.82, 2.24) is 0 Å². The Labute approximate surface area is 152 Å². The molecule has 0 amide bonds. The van der Waals surface area contributed by atoms with Crippen LogP contribution in [0, 0.1) is 25.0 Å². The first-order chi connectivity index (χ1) is 6.12. The first-order valence-corrected chi connectivity index (χ1v) is 24.9. The van der Waals surface area contributed by atoms with Crippen LogP contribution >= 0.6 is 0 Å². The van der Waals surface area contributed by atoms with E-state index in [1.807, 2.05) is 8.18 Å². The van der Waals surface area contributed by atoms with Gasteiger partial charge in [-0.15, -0.1) is 0 Å². The molecule has 0 unspecified atom stereocenters. The molecule has 92 valence electrons. The Morgan fingerprint density at radius 2 is 0.824 bits per heavy atom. The molecule has 0 aromatic carbocycles. The van der Waals surface area contributed by atoms with Gasteiger partial charge in [-0.3, -0.25) is 0 Å². The van der Waals surface area contributed by atoms with Crippen molar-refractivity contribution >= 4 is 36.8 Å². The van der Waals surface area contributed by atoms with Crippen LogP contribution in [0.15, 0.2) is 8.18 Å². The summed E-state index contributed by atoms with van der Waals surface area (Å²) in [6.07, 6.45) is 0. The largest absolute Gasteiger partial charge is 1.00 e. The molecule has 0 saturated heterocycles. The van der Waals surface area contributed by atoms with Crippen LogP contribution in [0.5, 0.6) is 0 Å². The summed E-state index contributed by atoms with van der Waals surface area (Å²) >= 11 is -3.16. The number of hydrogen-bond donors (Lipinski definition) is 0. The summed E-state index contributed by atoms with van der Waals surface area (Å²) in [5.41, 5.74) is 0. The van der Waals surface area contributed by atoms with Crippen LogP contribution in [-0.2, 0) is 17.1 Å². The Hall–Kier alpha value is 2.28. The maximum atomic E-state index is 6.25. The molecular formula is C11H22CuLi2NSn2. The molecule has 0 spiro atoms. The van der Waals surface area contributed by atoms with E-state index in [4.69, 9.17) is 25.0 Å². The van der Waals surface area contributed by atoms with E-state index >= 15 is 0 Å². The molecule has 0 fully saturated rings. The molecule has 17 heavy (non-hydrogen) atoms. The third-order valence-corrected chi connectivity index (χ3v) is 6.71. The van der Waals surface area contributed by atoms with Gasteiger partial charge in [0.05, 0.1) is 0 Å². The zero-order valence-corrected chi connectivity index (χ0v) is 19.2. The van der Waals surface area contributed by atoms with Crippen molar-refractivity contribution in [3.05, 3.63) is 27.9 Å². The van der Waals surface area contributed by atoms with Gasteiger partial charge >= 0.3 is 143 Å². The molecule has 0 aromatic rings. The van der Waals surface area contributed by atoms with E-state index in [1.165, 1.54) is 0 Å². The Morgan fingerprint density at radius 3 is 0.824 bits per heavy atom. The quantitative estimate of drug-likeness (QED) is 0.324. The molecule has 0 N–H and O–H groups in total. The Kier molecular flexibility index (Phi) is 44.3. The van der Waals surface area contributed by atoms with Crippen molar-refractivity contribution in [1.29, 1.82) is 5.26 Å². The molecule has 0 atom stereocenters. The van der Waals surface area contributed by atoms with Gasteiger partial charge in [0.1, 0.15) is 0 Å². The molecule has 0 saturated carbocycles. The zero-order chi connectivity index (χ0) is 12.4. The molecule has 0 radical (unpaired) electrons. The average Bonchev–Trinajstić information content (AvgIpc) is 2.07. The van der Waals surface area contributed by atoms with Crippen LogP contribution in [0.3, 0.4) is 0 Å². The van der Waals surface area contributed by atoms with Gasteiger partial charge in [-0.2, -0.15) is 0 Å². The molecule has 0 aliphatic heterocycles. The summed E-state index contributed by atoms with van der Waals surface area (Å²) < 4.78 is 3.80. The van der Waals surface area contributed by atoms with Crippen LogP contribution in [0.1, 0.15) is 0 Å². The maximum absolute atomic E-state index is 6.25. The standard InChI is InChI=1S/2C2H2.CN.6CH3.Cu.2Li.2Sn/c3*1-2;;;;;;;;;;;/h2*1-2H;;6*1H3;;;;;/q3*-1;;;;;;;3*+1;;. The molecule has 0 rings (SSSR count). The average molecular weight is 483 g/mol. The van der Waals surface area contributed by atoms with Crippen LogP contribution < -0.4 is 37.7 Å². The van der Waals surface area contributed by atoms with Crippen LogP contribution in [0.25, 0.3) is 0 Å². The summed E-state index contributed by atoms with van der Waals surface area (Å²) in [6.45, 7) is 15.3. The monoisotopic (exact) mass is 485 g/mol. The van der Waals surface area contributed by atoms with Crippen molar-refractivity contribution in [2.45, 2.75) is 29.6 Å². The minimum atomic E-state index is -1.58. The van der Waals surface area contributed by atoms with E-state index < -0.39 is 36.8 Å². The van der Waals surface area contributed by atoms with Crippen LogP contribution in [0.2, 0.25) is 29.6 Å². The smallest absolute Gasteiger partial charge is 1.00 e. The van der Waals surface area contributed by atoms with E-state index in [0.29, 0.717) is 0 Å². The molecule has 0 aliphatic carbocycles. The van der Waals surface area contributed by atoms with Gasteiger partial charge in [0.2, 0.25) is 0 Å². The summed E-state index contributed by atoms with van der Waals surface area (Å²) in [6, 6.07) is 0. The van der Waals surface area contributed by atoms with Gasteiger partial charge in [-0.1, -0.05) is 0 Å². The molecule has 6 heteroatoms. The first-order valence-electron chi connectivity index (χ1n) is 4.47. The fraction of sp³-hybridized carbons (Fsp3) is 0.545. The Bertz CT molecular complexity index is 166.